The molecule has 0 radical (unpaired) electrons. The molecule has 0 spiro atoms. The van der Waals surface area contributed by atoms with Crippen molar-refractivity contribution in [2.75, 3.05) is 58.3 Å². The predicted octanol–water partition coefficient (Wildman–Crippen LogP) is 2.50. The van der Waals surface area contributed by atoms with Gasteiger partial charge in [0.2, 0.25) is 5.91 Å². The van der Waals surface area contributed by atoms with Crippen molar-refractivity contribution >= 4 is 17.5 Å². The molecule has 36 heavy (non-hydrogen) atoms. The van der Waals surface area contributed by atoms with E-state index in [1.807, 2.05) is 14.5 Å². The van der Waals surface area contributed by atoms with E-state index < -0.39 is 0 Å². The van der Waals surface area contributed by atoms with Crippen molar-refractivity contribution in [3.05, 3.63) is 46.3 Å². The number of rotatable bonds is 5. The molecule has 3 heterocycles. The first-order valence-corrected chi connectivity index (χ1v) is 13.5. The Morgan fingerprint density at radius 3 is 2.53 bits per heavy atom. The van der Waals surface area contributed by atoms with Crippen molar-refractivity contribution in [1.29, 1.82) is 0 Å². The fraction of sp³-hybridized carbons (Fsp3) is 0.607. The first-order valence-electron chi connectivity index (χ1n) is 13.5. The molecule has 2 fully saturated rings. The van der Waals surface area contributed by atoms with E-state index in [9.17, 15) is 9.59 Å². The lowest BCUT2D eigenvalue weighted by Gasteiger charge is -2.37. The first kappa shape index (κ1) is 24.8. The van der Waals surface area contributed by atoms with Crippen molar-refractivity contribution in [1.82, 2.24) is 24.5 Å². The van der Waals surface area contributed by atoms with Gasteiger partial charge < -0.3 is 19.6 Å². The fourth-order valence-electron chi connectivity index (χ4n) is 6.03. The van der Waals surface area contributed by atoms with Crippen LogP contribution in [0.1, 0.15) is 52.1 Å². The number of amides is 2. The van der Waals surface area contributed by atoms with Crippen molar-refractivity contribution in [2.45, 2.75) is 58.5 Å². The number of anilines is 1. The Labute approximate surface area is 214 Å². The van der Waals surface area contributed by atoms with Crippen molar-refractivity contribution in [3.63, 3.8) is 0 Å². The molecule has 8 heteroatoms. The predicted molar refractivity (Wildman–Crippen MR) is 142 cm³/mol. The molecule has 3 aliphatic rings. The van der Waals surface area contributed by atoms with Gasteiger partial charge in [0.05, 0.1) is 0 Å². The highest BCUT2D eigenvalue weighted by atomic mass is 16.2. The number of aromatic nitrogens is 2. The number of piperidine rings is 1. The Kier molecular flexibility index (Phi) is 7.06. The fourth-order valence-corrected chi connectivity index (χ4v) is 6.03. The Hall–Kier alpha value is -2.87. The Balaban J connectivity index is 1.25. The maximum atomic E-state index is 13.5. The normalized spacial score (nSPS) is 20.2. The number of hydrogen-bond acceptors (Lipinski definition) is 5. The number of nitrogens with zero attached hydrogens (tertiary/aromatic N) is 6. The number of fused-ring (bicyclic) bond motifs is 1. The van der Waals surface area contributed by atoms with Gasteiger partial charge in [0.1, 0.15) is 6.54 Å². The van der Waals surface area contributed by atoms with Gasteiger partial charge in [-0.3, -0.25) is 14.3 Å². The van der Waals surface area contributed by atoms with E-state index in [1.54, 1.807) is 0 Å². The van der Waals surface area contributed by atoms with Gasteiger partial charge in [-0.05, 0) is 77.2 Å². The summed E-state index contributed by atoms with van der Waals surface area (Å²) in [5.41, 5.74) is 6.61. The first-order chi connectivity index (χ1) is 17.3. The second-order valence-electron chi connectivity index (χ2n) is 10.9. The topological polar surface area (TPSA) is 64.9 Å². The Morgan fingerprint density at radius 2 is 1.78 bits per heavy atom. The van der Waals surface area contributed by atoms with Gasteiger partial charge in [0.25, 0.3) is 5.91 Å². The molecular formula is C28H40N6O2. The van der Waals surface area contributed by atoms with Gasteiger partial charge >= 0.3 is 0 Å². The monoisotopic (exact) mass is 492 g/mol. The zero-order valence-electron chi connectivity index (χ0n) is 22.3. The lowest BCUT2D eigenvalue weighted by molar-refractivity contribution is -0.132. The number of aryl methyl sites for hydroxylation is 1. The largest absolute Gasteiger partial charge is 0.368 e. The number of carbonyl (C=O) groups is 2. The summed E-state index contributed by atoms with van der Waals surface area (Å²) in [4.78, 5) is 35.3. The molecule has 0 saturated carbocycles. The minimum Gasteiger partial charge on any atom is -0.368 e. The third-order valence-electron chi connectivity index (χ3n) is 8.46. The van der Waals surface area contributed by atoms with Crippen LogP contribution in [0.2, 0.25) is 0 Å². The van der Waals surface area contributed by atoms with Crippen molar-refractivity contribution in [2.24, 2.45) is 0 Å². The third kappa shape index (κ3) is 4.75. The van der Waals surface area contributed by atoms with Gasteiger partial charge in [-0.25, -0.2) is 0 Å². The number of carbonyl (C=O) groups excluding carboxylic acids is 2. The number of hydrogen-bond donors (Lipinski definition) is 0. The molecule has 5 rings (SSSR count). The molecule has 1 aromatic carbocycles. The Bertz CT molecular complexity index is 1130. The van der Waals surface area contributed by atoms with Crippen LogP contribution in [-0.2, 0) is 24.2 Å². The summed E-state index contributed by atoms with van der Waals surface area (Å²) in [7, 11) is 4.16. The van der Waals surface area contributed by atoms with Crippen LogP contribution in [0, 0.1) is 13.8 Å². The van der Waals surface area contributed by atoms with Gasteiger partial charge in [0, 0.05) is 62.3 Å². The molecule has 2 aliphatic heterocycles. The minimum atomic E-state index is 0.0352. The summed E-state index contributed by atoms with van der Waals surface area (Å²) in [6.45, 7) is 9.15. The van der Waals surface area contributed by atoms with Crippen LogP contribution < -0.4 is 4.90 Å². The van der Waals surface area contributed by atoms with Crippen molar-refractivity contribution < 1.29 is 9.59 Å². The molecule has 194 valence electrons. The number of likely N-dealkylation sites (N-methyl/N-ethyl adjacent to an activating group) is 1. The molecule has 0 N–H and O–H groups in total. The quantitative estimate of drug-likeness (QED) is 0.642. The molecule has 2 saturated heterocycles. The molecule has 0 bridgehead atoms. The molecule has 1 aromatic heterocycles. The molecule has 2 aromatic rings. The standard InChI is InChI=1S/C28H40N6O2/c1-20-8-5-11-24(21(20)2)31-14-16-32(17-15-31)26(35)19-34-25-12-6-10-23(25)27(29-34)28(36)33-13-7-9-22(18-33)30(3)4/h5,8,11,22H,6-7,9-10,12-19H2,1-4H3. The Morgan fingerprint density at radius 1 is 1.00 bits per heavy atom. The van der Waals surface area contributed by atoms with Gasteiger partial charge in [-0.15, -0.1) is 0 Å². The van der Waals surface area contributed by atoms with Crippen LogP contribution in [-0.4, -0.2) is 95.7 Å². The van der Waals surface area contributed by atoms with Crippen LogP contribution >= 0.6 is 0 Å². The summed E-state index contributed by atoms with van der Waals surface area (Å²) in [5.74, 6) is 0.130. The van der Waals surface area contributed by atoms with E-state index in [0.717, 1.165) is 69.5 Å². The molecule has 1 unspecified atom stereocenters. The van der Waals surface area contributed by atoms with Gasteiger partial charge in [-0.2, -0.15) is 5.10 Å². The maximum absolute atomic E-state index is 13.5. The van der Waals surface area contributed by atoms with E-state index in [2.05, 4.69) is 55.9 Å². The highest BCUT2D eigenvalue weighted by molar-refractivity contribution is 5.94. The lowest BCUT2D eigenvalue weighted by atomic mass is 10.0. The number of likely N-dealkylation sites (tertiary alicyclic amines) is 1. The van der Waals surface area contributed by atoms with Crippen LogP contribution in [0.15, 0.2) is 18.2 Å². The maximum Gasteiger partial charge on any atom is 0.274 e. The van der Waals surface area contributed by atoms with Crippen LogP contribution in [0.25, 0.3) is 0 Å². The summed E-state index contributed by atoms with van der Waals surface area (Å²) < 4.78 is 1.84. The zero-order valence-corrected chi connectivity index (χ0v) is 22.3. The van der Waals surface area contributed by atoms with E-state index in [0.29, 0.717) is 24.8 Å². The van der Waals surface area contributed by atoms with E-state index in [4.69, 9.17) is 5.10 Å². The molecule has 2 amide bonds. The van der Waals surface area contributed by atoms with Crippen LogP contribution in [0.4, 0.5) is 5.69 Å². The second kappa shape index (κ2) is 10.2. The van der Waals surface area contributed by atoms with E-state index in [1.165, 1.54) is 16.8 Å². The van der Waals surface area contributed by atoms with E-state index in [-0.39, 0.29) is 18.4 Å². The molecule has 8 nitrogen and oxygen atoms in total. The second-order valence-corrected chi connectivity index (χ2v) is 10.9. The van der Waals surface area contributed by atoms with Gasteiger partial charge in [-0.1, -0.05) is 12.1 Å². The van der Waals surface area contributed by atoms with Crippen LogP contribution in [0.3, 0.4) is 0 Å². The highest BCUT2D eigenvalue weighted by Gasteiger charge is 2.33. The molecule has 1 atom stereocenters. The van der Waals surface area contributed by atoms with E-state index >= 15 is 0 Å². The molecule has 1 aliphatic carbocycles. The average molecular weight is 493 g/mol. The summed E-state index contributed by atoms with van der Waals surface area (Å²) in [6.07, 6.45) is 4.93. The van der Waals surface area contributed by atoms with Crippen LogP contribution in [0.5, 0.6) is 0 Å². The summed E-state index contributed by atoms with van der Waals surface area (Å²) in [6, 6.07) is 6.82. The average Bonchev–Trinajstić information content (AvgIpc) is 3.49. The summed E-state index contributed by atoms with van der Waals surface area (Å²) in [5, 5.41) is 4.75. The smallest absolute Gasteiger partial charge is 0.274 e. The summed E-state index contributed by atoms with van der Waals surface area (Å²) >= 11 is 0. The number of piperazine rings is 1. The van der Waals surface area contributed by atoms with Crippen molar-refractivity contribution in [3.8, 4) is 0 Å². The van der Waals surface area contributed by atoms with Gasteiger partial charge in [0.15, 0.2) is 5.69 Å². The zero-order chi connectivity index (χ0) is 25.4. The lowest BCUT2D eigenvalue weighted by Crippen LogP contribution is -2.50. The minimum absolute atomic E-state index is 0.0352. The number of benzene rings is 1. The molecular weight excluding hydrogens is 452 g/mol. The highest BCUT2D eigenvalue weighted by Crippen LogP contribution is 2.28. The third-order valence-corrected chi connectivity index (χ3v) is 8.46. The SMILES string of the molecule is Cc1cccc(N2CCN(C(=O)Cn3nc(C(=O)N4CCCC(N(C)C)C4)c4c3CCC4)CC2)c1C.